The van der Waals surface area contributed by atoms with Crippen LogP contribution in [0, 0.1) is 5.41 Å². The number of aromatic nitrogens is 3. The van der Waals surface area contributed by atoms with Gasteiger partial charge in [-0.25, -0.2) is 9.78 Å². The number of anilines is 1. The molecule has 10 heteroatoms. The maximum Gasteiger partial charge on any atom is 0.341 e. The van der Waals surface area contributed by atoms with E-state index in [1.807, 2.05) is 6.92 Å². The van der Waals surface area contributed by atoms with Crippen molar-refractivity contribution in [2.75, 3.05) is 12.4 Å². The van der Waals surface area contributed by atoms with Gasteiger partial charge >= 0.3 is 5.97 Å². The average Bonchev–Trinajstić information content (AvgIpc) is 3.23. The van der Waals surface area contributed by atoms with Crippen LogP contribution in [0.25, 0.3) is 16.7 Å². The second-order valence-electron chi connectivity index (χ2n) is 8.50. The second kappa shape index (κ2) is 9.10. The highest BCUT2D eigenvalue weighted by molar-refractivity contribution is 7.17. The quantitative estimate of drug-likeness (QED) is 0.327. The molecular weight excluding hydrogens is 466 g/mol. The van der Waals surface area contributed by atoms with Crippen LogP contribution in [0.2, 0.25) is 0 Å². The monoisotopic (exact) mass is 491 g/mol. The molecule has 4 aromatic heterocycles. The van der Waals surface area contributed by atoms with Crippen LogP contribution in [0.5, 0.6) is 0 Å². The molecule has 0 atom stereocenters. The minimum absolute atomic E-state index is 0.0371. The number of aryl methyl sites for hydroxylation is 2. The van der Waals surface area contributed by atoms with Gasteiger partial charge in [-0.3, -0.25) is 19.4 Å². The number of fused-ring (bicyclic) bond motifs is 3. The first-order valence-electron chi connectivity index (χ1n) is 11.6. The van der Waals surface area contributed by atoms with Crippen LogP contribution in [-0.4, -0.2) is 32.9 Å². The first-order valence-corrected chi connectivity index (χ1v) is 12.4. The van der Waals surface area contributed by atoms with E-state index in [0.29, 0.717) is 34.8 Å². The third-order valence-electron chi connectivity index (χ3n) is 6.30. The summed E-state index contributed by atoms with van der Waals surface area (Å²) in [4.78, 5) is 45.0. The summed E-state index contributed by atoms with van der Waals surface area (Å²) in [6.07, 6.45) is 5.94. The van der Waals surface area contributed by atoms with E-state index in [4.69, 9.17) is 10.1 Å². The van der Waals surface area contributed by atoms with Crippen molar-refractivity contribution in [1.29, 1.82) is 5.41 Å². The van der Waals surface area contributed by atoms with E-state index in [9.17, 15) is 14.4 Å². The minimum Gasteiger partial charge on any atom is -0.465 e. The van der Waals surface area contributed by atoms with Gasteiger partial charge in [-0.1, -0.05) is 13.0 Å². The summed E-state index contributed by atoms with van der Waals surface area (Å²) in [6.45, 7) is 2.38. The molecule has 9 nitrogen and oxygen atoms in total. The number of carbonyl (C=O) groups is 2. The topological polar surface area (TPSA) is 119 Å². The number of hydrogen-bond acceptors (Lipinski definition) is 7. The molecule has 0 saturated heterocycles. The molecule has 1 aliphatic rings. The smallest absolute Gasteiger partial charge is 0.341 e. The summed E-state index contributed by atoms with van der Waals surface area (Å²) in [7, 11) is 1.32. The van der Waals surface area contributed by atoms with E-state index in [1.54, 1.807) is 29.0 Å². The molecule has 0 bridgehead atoms. The molecule has 35 heavy (non-hydrogen) atoms. The fraction of sp³-hybridized carbons (Fsp3) is 0.320. The predicted octanol–water partition coefficient (Wildman–Crippen LogP) is 3.52. The molecule has 4 aromatic rings. The van der Waals surface area contributed by atoms with Gasteiger partial charge in [-0.15, -0.1) is 11.3 Å². The van der Waals surface area contributed by atoms with Crippen molar-refractivity contribution in [3.05, 3.63) is 67.9 Å². The molecular formula is C25H25N5O4S. The number of nitrogens with zero attached hydrogens (tertiary/aromatic N) is 3. The molecule has 180 valence electrons. The molecule has 1 amide bonds. The Hall–Kier alpha value is -3.79. The third kappa shape index (κ3) is 3.83. The van der Waals surface area contributed by atoms with Crippen molar-refractivity contribution in [2.45, 2.75) is 45.6 Å². The molecule has 0 aliphatic heterocycles. The summed E-state index contributed by atoms with van der Waals surface area (Å²) < 4.78 is 8.02. The van der Waals surface area contributed by atoms with Crippen molar-refractivity contribution in [3.63, 3.8) is 0 Å². The standard InChI is InChI=1S/C25H25N5O4S/c1-3-11-30-20(26)15(13-16-21(30)27-18-10-6-7-12-29(18)24(16)32)22(31)28-23-19(25(33)34-2)14-8-4-5-9-17(14)35-23/h6-7,10,12-13,26H,3-5,8-9,11H2,1-2H3,(H,28,31). The van der Waals surface area contributed by atoms with E-state index in [1.165, 1.54) is 28.9 Å². The third-order valence-corrected chi connectivity index (χ3v) is 7.51. The number of pyridine rings is 2. The van der Waals surface area contributed by atoms with Gasteiger partial charge in [-0.2, -0.15) is 0 Å². The molecule has 5 rings (SSSR count). The lowest BCUT2D eigenvalue weighted by atomic mass is 9.95. The summed E-state index contributed by atoms with van der Waals surface area (Å²) in [5.41, 5.74) is 1.86. The highest BCUT2D eigenvalue weighted by Crippen LogP contribution is 2.38. The Labute approximate surface area is 204 Å². The van der Waals surface area contributed by atoms with Crippen LogP contribution in [-0.2, 0) is 24.1 Å². The number of amides is 1. The minimum atomic E-state index is -0.553. The molecule has 0 aromatic carbocycles. The average molecular weight is 492 g/mol. The van der Waals surface area contributed by atoms with Gasteiger partial charge in [0, 0.05) is 17.6 Å². The lowest BCUT2D eigenvalue weighted by molar-refractivity contribution is 0.0601. The number of ether oxygens (including phenoxy) is 1. The van der Waals surface area contributed by atoms with Crippen molar-refractivity contribution in [3.8, 4) is 0 Å². The number of hydrogen-bond donors (Lipinski definition) is 2. The van der Waals surface area contributed by atoms with Gasteiger partial charge < -0.3 is 14.6 Å². The zero-order valence-electron chi connectivity index (χ0n) is 19.5. The van der Waals surface area contributed by atoms with Crippen LogP contribution in [0.4, 0.5) is 5.00 Å². The zero-order valence-corrected chi connectivity index (χ0v) is 20.3. The molecule has 0 fully saturated rings. The maximum atomic E-state index is 13.5. The molecule has 0 spiro atoms. The Morgan fingerprint density at radius 2 is 2.06 bits per heavy atom. The Balaban J connectivity index is 1.66. The molecule has 4 heterocycles. The van der Waals surface area contributed by atoms with E-state index in [-0.39, 0.29) is 22.0 Å². The van der Waals surface area contributed by atoms with E-state index in [2.05, 4.69) is 10.3 Å². The Kier molecular flexibility index (Phi) is 5.98. The van der Waals surface area contributed by atoms with Gasteiger partial charge in [0.25, 0.3) is 11.5 Å². The summed E-state index contributed by atoms with van der Waals surface area (Å²) >= 11 is 1.38. The van der Waals surface area contributed by atoms with Gasteiger partial charge in [0.2, 0.25) is 0 Å². The normalized spacial score (nSPS) is 13.1. The summed E-state index contributed by atoms with van der Waals surface area (Å²) in [5, 5.41) is 12.3. The Bertz CT molecular complexity index is 1610. The number of esters is 1. The fourth-order valence-electron chi connectivity index (χ4n) is 4.64. The largest absolute Gasteiger partial charge is 0.465 e. The Morgan fingerprint density at radius 1 is 1.26 bits per heavy atom. The van der Waals surface area contributed by atoms with Crippen LogP contribution >= 0.6 is 11.3 Å². The first kappa shape index (κ1) is 23.0. The lowest BCUT2D eigenvalue weighted by Crippen LogP contribution is -2.32. The van der Waals surface area contributed by atoms with E-state index < -0.39 is 11.9 Å². The first-order chi connectivity index (χ1) is 16.9. The molecule has 2 N–H and O–H groups in total. The number of thiophene rings is 1. The summed E-state index contributed by atoms with van der Waals surface area (Å²) in [6, 6.07) is 6.69. The van der Waals surface area contributed by atoms with Gasteiger partial charge in [0.15, 0.2) is 0 Å². The van der Waals surface area contributed by atoms with Crippen molar-refractivity contribution < 1.29 is 14.3 Å². The molecule has 1 aliphatic carbocycles. The van der Waals surface area contributed by atoms with Crippen LogP contribution < -0.4 is 16.4 Å². The fourth-order valence-corrected chi connectivity index (χ4v) is 5.92. The zero-order chi connectivity index (χ0) is 24.7. The number of rotatable bonds is 5. The number of methoxy groups -OCH3 is 1. The predicted molar refractivity (Wildman–Crippen MR) is 133 cm³/mol. The van der Waals surface area contributed by atoms with Crippen molar-refractivity contribution in [1.82, 2.24) is 14.0 Å². The maximum absolute atomic E-state index is 13.5. The second-order valence-corrected chi connectivity index (χ2v) is 9.61. The number of carbonyl (C=O) groups excluding carboxylic acids is 2. The SMILES string of the molecule is CCCn1c(=N)c(C(=O)Nc2sc3c(c2C(=O)OC)CCCC3)cc2c(=O)n3ccccc3nc21. The van der Waals surface area contributed by atoms with Gasteiger partial charge in [0.1, 0.15) is 21.8 Å². The Morgan fingerprint density at radius 3 is 2.83 bits per heavy atom. The van der Waals surface area contributed by atoms with Crippen molar-refractivity contribution in [2.24, 2.45) is 0 Å². The van der Waals surface area contributed by atoms with E-state index >= 15 is 0 Å². The van der Waals surface area contributed by atoms with Gasteiger partial charge in [0.05, 0.1) is 23.6 Å². The van der Waals surface area contributed by atoms with Crippen molar-refractivity contribution >= 4 is 44.9 Å². The van der Waals surface area contributed by atoms with Gasteiger partial charge in [-0.05, 0) is 55.9 Å². The lowest BCUT2D eigenvalue weighted by Gasteiger charge is -2.14. The molecule has 0 unspecified atom stereocenters. The molecule has 0 saturated carbocycles. The molecule has 0 radical (unpaired) electrons. The summed E-state index contributed by atoms with van der Waals surface area (Å²) in [5.74, 6) is -1.04. The van der Waals surface area contributed by atoms with E-state index in [0.717, 1.165) is 36.1 Å². The van der Waals surface area contributed by atoms with Crippen LogP contribution in [0.15, 0.2) is 35.3 Å². The van der Waals surface area contributed by atoms with Crippen LogP contribution in [0.3, 0.4) is 0 Å². The number of nitrogens with one attached hydrogen (secondary N) is 2. The highest BCUT2D eigenvalue weighted by atomic mass is 32.1. The highest BCUT2D eigenvalue weighted by Gasteiger charge is 2.28. The van der Waals surface area contributed by atoms with Crippen LogP contribution in [0.1, 0.15) is 57.3 Å².